The third kappa shape index (κ3) is 12.4. The minimum absolute atomic E-state index is 0.0565. The highest BCUT2D eigenvalue weighted by atomic mass is 19.4. The van der Waals surface area contributed by atoms with E-state index in [4.69, 9.17) is 20.9 Å². The molecule has 6 aromatic rings. The number of nitrogens with zero attached hydrogens (tertiary/aromatic N) is 5. The van der Waals surface area contributed by atoms with Gasteiger partial charge < -0.3 is 40.8 Å². The van der Waals surface area contributed by atoms with Gasteiger partial charge in [-0.05, 0) is 59.8 Å². The summed E-state index contributed by atoms with van der Waals surface area (Å²) >= 11 is 0. The van der Waals surface area contributed by atoms with Crippen molar-refractivity contribution in [3.63, 3.8) is 0 Å². The predicted molar refractivity (Wildman–Crippen MR) is 225 cm³/mol. The van der Waals surface area contributed by atoms with Crippen LogP contribution < -0.4 is 31.3 Å². The van der Waals surface area contributed by atoms with Gasteiger partial charge in [-0.2, -0.15) is 5.10 Å². The third-order valence-electron chi connectivity index (χ3n) is 9.87. The van der Waals surface area contributed by atoms with E-state index in [-0.39, 0.29) is 47.4 Å². The summed E-state index contributed by atoms with van der Waals surface area (Å²) in [4.78, 5) is 47.2. The van der Waals surface area contributed by atoms with Crippen molar-refractivity contribution in [2.75, 3.05) is 18.8 Å². The molecule has 3 amide bonds. The van der Waals surface area contributed by atoms with E-state index in [0.29, 0.717) is 40.9 Å². The Kier molecular flexibility index (Phi) is 14.7. The molecule has 1 saturated heterocycles. The number of amides is 3. The number of likely N-dealkylation sites (tertiary alicyclic amines) is 1. The molecule has 65 heavy (non-hydrogen) atoms. The lowest BCUT2D eigenvalue weighted by Gasteiger charge is -2.32. The molecule has 0 saturated carbocycles. The highest BCUT2D eigenvalue weighted by Crippen LogP contribution is 2.34. The van der Waals surface area contributed by atoms with Gasteiger partial charge in [-0.3, -0.25) is 14.4 Å². The molecule has 15 nitrogen and oxygen atoms in total. The molecule has 0 bridgehead atoms. The molecule has 7 rings (SSSR count). The number of para-hydroxylation sites is 2. The molecule has 4 aromatic carbocycles. The number of ether oxygens (including phenoxy) is 2. The lowest BCUT2D eigenvalue weighted by Crippen LogP contribution is -2.40. The second kappa shape index (κ2) is 20.4. The van der Waals surface area contributed by atoms with Gasteiger partial charge >= 0.3 is 19.8 Å². The fraction of sp³-hybridized carbons (Fsp3) is 0.209. The Morgan fingerprint density at radius 3 is 1.83 bits per heavy atom. The van der Waals surface area contributed by atoms with Crippen LogP contribution in [0.5, 0.6) is 11.5 Å². The Labute approximate surface area is 366 Å². The number of fused-ring (bicyclic) bond motifs is 1. The minimum atomic E-state index is -4.92. The van der Waals surface area contributed by atoms with E-state index in [1.165, 1.54) is 60.9 Å². The van der Waals surface area contributed by atoms with E-state index in [9.17, 15) is 40.7 Å². The fourth-order valence-corrected chi connectivity index (χ4v) is 6.81. The summed E-state index contributed by atoms with van der Waals surface area (Å²) in [5.74, 6) is -2.46. The van der Waals surface area contributed by atoms with Crippen molar-refractivity contribution in [2.45, 2.75) is 44.7 Å². The molecule has 2 aromatic heterocycles. The van der Waals surface area contributed by atoms with Crippen molar-refractivity contribution in [2.24, 2.45) is 0 Å². The van der Waals surface area contributed by atoms with Crippen LogP contribution in [0.15, 0.2) is 116 Å². The standard InChI is InChI=1S/C28H26F3N7O3.C15H13BF3NO4/c1-2-22(39)37-13-5-6-19(15-37)38-26-23(25(32)34-16-35-26)24(36-38)18-11-9-17(10-12-18)14-33-27(40)20-7-3-4-8-21(20)41-28(29,30)31;17-15(18,19)24-13-4-2-1-3-12(13)14(21)20-9-10-5-7-11(8-6-10)16(22)23/h2-4,7-12,16,19H,1,5-6,13-15H2,(H,33,40)(H2,32,34,35);1-8,22-23H,9H2,(H,20,21)/t19-;/m1./s1. The van der Waals surface area contributed by atoms with Gasteiger partial charge in [0, 0.05) is 31.7 Å². The number of aromatic nitrogens is 4. The average Bonchev–Trinajstić information content (AvgIpc) is 3.68. The zero-order valence-corrected chi connectivity index (χ0v) is 34.0. The van der Waals surface area contributed by atoms with Gasteiger partial charge in [0.15, 0.2) is 5.65 Å². The molecule has 1 aliphatic heterocycles. The maximum Gasteiger partial charge on any atom is 0.573 e. The SMILES string of the molecule is C=CC(=O)N1CCC[C@@H](n2nc(-c3ccc(CNC(=O)c4ccccc4OC(F)(F)F)cc3)c3c(N)ncnc32)C1.O=C(NCc1ccc(B(O)O)cc1)c1ccccc1OC(F)(F)F. The quantitative estimate of drug-likeness (QED) is 0.0593. The third-order valence-corrected chi connectivity index (χ3v) is 9.87. The van der Waals surface area contributed by atoms with E-state index in [1.54, 1.807) is 46.0 Å². The van der Waals surface area contributed by atoms with Crippen LogP contribution in [0.3, 0.4) is 0 Å². The summed E-state index contributed by atoms with van der Waals surface area (Å²) in [5.41, 5.74) is 9.25. The molecular formula is C43H39BF6N8O7. The summed E-state index contributed by atoms with van der Waals surface area (Å²) < 4.78 is 84.8. The number of hydrogen-bond acceptors (Lipinski definition) is 11. The van der Waals surface area contributed by atoms with Crippen LogP contribution in [0.4, 0.5) is 32.2 Å². The molecule has 0 radical (unpaired) electrons. The Bertz CT molecular complexity index is 2650. The van der Waals surface area contributed by atoms with E-state index in [1.807, 2.05) is 0 Å². The molecule has 1 atom stereocenters. The molecule has 338 valence electrons. The van der Waals surface area contributed by atoms with Gasteiger partial charge in [-0.1, -0.05) is 79.4 Å². The number of carbonyl (C=O) groups excluding carboxylic acids is 3. The maximum atomic E-state index is 12.7. The number of carbonyl (C=O) groups is 3. The molecule has 0 spiro atoms. The number of rotatable bonds is 12. The molecule has 0 aliphatic carbocycles. The first-order valence-electron chi connectivity index (χ1n) is 19.6. The van der Waals surface area contributed by atoms with Gasteiger partial charge in [0.25, 0.3) is 11.8 Å². The van der Waals surface area contributed by atoms with Crippen molar-refractivity contribution >= 4 is 47.2 Å². The fourth-order valence-electron chi connectivity index (χ4n) is 6.81. The van der Waals surface area contributed by atoms with Gasteiger partial charge in [0.1, 0.15) is 29.3 Å². The maximum absolute atomic E-state index is 12.7. The largest absolute Gasteiger partial charge is 0.573 e. The van der Waals surface area contributed by atoms with E-state index < -0.39 is 43.2 Å². The van der Waals surface area contributed by atoms with Crippen LogP contribution in [0.1, 0.15) is 50.7 Å². The molecule has 3 heterocycles. The molecular weight excluding hydrogens is 865 g/mol. The predicted octanol–water partition coefficient (Wildman–Crippen LogP) is 5.45. The average molecular weight is 905 g/mol. The Hall–Kier alpha value is -7.46. The van der Waals surface area contributed by atoms with Crippen LogP contribution in [-0.4, -0.2) is 85.4 Å². The van der Waals surface area contributed by atoms with Crippen molar-refractivity contribution in [3.05, 3.63) is 138 Å². The van der Waals surface area contributed by atoms with Crippen LogP contribution in [0, 0.1) is 0 Å². The second-order valence-electron chi connectivity index (χ2n) is 14.3. The van der Waals surface area contributed by atoms with Crippen molar-refractivity contribution in [3.8, 4) is 22.8 Å². The van der Waals surface area contributed by atoms with Crippen LogP contribution >= 0.6 is 0 Å². The number of nitrogens with one attached hydrogen (secondary N) is 2. The minimum Gasteiger partial charge on any atom is -0.423 e. The number of hydrogen-bond donors (Lipinski definition) is 5. The van der Waals surface area contributed by atoms with Gasteiger partial charge in [-0.25, -0.2) is 14.6 Å². The van der Waals surface area contributed by atoms with E-state index >= 15 is 0 Å². The first-order chi connectivity index (χ1) is 30.9. The van der Waals surface area contributed by atoms with Crippen LogP contribution in [0.2, 0.25) is 0 Å². The monoisotopic (exact) mass is 904 g/mol. The van der Waals surface area contributed by atoms with Crippen molar-refractivity contribution in [1.29, 1.82) is 0 Å². The van der Waals surface area contributed by atoms with Gasteiger partial charge in [-0.15, -0.1) is 26.3 Å². The molecule has 6 N–H and O–H groups in total. The number of halogens is 6. The number of nitrogens with two attached hydrogens (primary N) is 1. The van der Waals surface area contributed by atoms with Crippen LogP contribution in [-0.2, 0) is 17.9 Å². The normalized spacial score (nSPS) is 13.8. The van der Waals surface area contributed by atoms with Crippen LogP contribution in [0.25, 0.3) is 22.3 Å². The number of alkyl halides is 6. The highest BCUT2D eigenvalue weighted by molar-refractivity contribution is 6.58. The Morgan fingerprint density at radius 2 is 1.32 bits per heavy atom. The highest BCUT2D eigenvalue weighted by Gasteiger charge is 2.34. The number of nitrogen functional groups attached to an aromatic ring is 1. The molecule has 0 unspecified atom stereocenters. The number of piperidine rings is 1. The Morgan fingerprint density at radius 1 is 0.800 bits per heavy atom. The Balaban J connectivity index is 0.000000248. The lowest BCUT2D eigenvalue weighted by molar-refractivity contribution is -0.275. The summed E-state index contributed by atoms with van der Waals surface area (Å²) in [6.07, 6.45) is -5.53. The van der Waals surface area contributed by atoms with Crippen molar-refractivity contribution in [1.82, 2.24) is 35.3 Å². The van der Waals surface area contributed by atoms with Crippen molar-refractivity contribution < 1.29 is 60.2 Å². The number of benzene rings is 4. The molecule has 1 fully saturated rings. The summed E-state index contributed by atoms with van der Waals surface area (Å²) in [6.45, 7) is 4.80. The summed E-state index contributed by atoms with van der Waals surface area (Å²) in [6, 6.07) is 23.3. The van der Waals surface area contributed by atoms with Gasteiger partial charge in [0.05, 0.1) is 22.6 Å². The number of anilines is 1. The first-order valence-corrected chi connectivity index (χ1v) is 19.6. The zero-order valence-electron chi connectivity index (χ0n) is 34.0. The second-order valence-corrected chi connectivity index (χ2v) is 14.3. The smallest absolute Gasteiger partial charge is 0.423 e. The lowest BCUT2D eigenvalue weighted by atomic mass is 9.80. The topological polar surface area (TPSA) is 207 Å². The zero-order chi connectivity index (χ0) is 46.9. The molecule has 22 heteroatoms. The summed E-state index contributed by atoms with van der Waals surface area (Å²) in [7, 11) is -1.60. The summed E-state index contributed by atoms with van der Waals surface area (Å²) in [5, 5.41) is 28.5. The van der Waals surface area contributed by atoms with E-state index in [2.05, 4.69) is 36.7 Å². The molecule has 1 aliphatic rings. The van der Waals surface area contributed by atoms with E-state index in [0.717, 1.165) is 30.5 Å². The van der Waals surface area contributed by atoms with Gasteiger partial charge in [0.2, 0.25) is 5.91 Å². The first kappa shape index (κ1) is 47.0.